The topological polar surface area (TPSA) is 77.3 Å². The fourth-order valence-electron chi connectivity index (χ4n) is 6.15. The van der Waals surface area contributed by atoms with E-state index in [9.17, 15) is 0 Å². The molecule has 3 aliphatic rings. The van der Waals surface area contributed by atoms with Gasteiger partial charge < -0.3 is 19.7 Å². The number of anilines is 1. The van der Waals surface area contributed by atoms with Crippen molar-refractivity contribution in [3.05, 3.63) is 29.7 Å². The second-order valence-corrected chi connectivity index (χ2v) is 12.8. The summed E-state index contributed by atoms with van der Waals surface area (Å²) in [6.07, 6.45) is 6.45. The first-order chi connectivity index (χ1) is 17.6. The number of hydrogen-bond acceptors (Lipinski definition) is 8. The summed E-state index contributed by atoms with van der Waals surface area (Å²) in [6.45, 7) is 10.1. The van der Waals surface area contributed by atoms with Crippen LogP contribution in [0.3, 0.4) is 0 Å². The molecule has 37 heavy (non-hydrogen) atoms. The van der Waals surface area contributed by atoms with Gasteiger partial charge in [0, 0.05) is 41.9 Å². The quantitative estimate of drug-likeness (QED) is 0.478. The predicted octanol–water partition coefficient (Wildman–Crippen LogP) is 5.54. The van der Waals surface area contributed by atoms with E-state index in [2.05, 4.69) is 55.2 Å². The number of fused-ring (bicyclic) bond motifs is 3. The smallest absolute Gasteiger partial charge is 0.234 e. The summed E-state index contributed by atoms with van der Waals surface area (Å²) >= 11 is 1.57. The van der Waals surface area contributed by atoms with E-state index in [1.54, 1.807) is 28.4 Å². The van der Waals surface area contributed by atoms with Gasteiger partial charge in [0.15, 0.2) is 11.4 Å². The molecular formula is C27H35FN6O2S. The number of aromatic nitrogens is 4. The Hall–Kier alpha value is -2.56. The van der Waals surface area contributed by atoms with Crippen molar-refractivity contribution < 1.29 is 13.9 Å². The van der Waals surface area contributed by atoms with Crippen LogP contribution in [0.25, 0.3) is 21.7 Å². The maximum Gasteiger partial charge on any atom is 0.234 e. The number of piperidine rings is 1. The van der Waals surface area contributed by atoms with Gasteiger partial charge in [0.05, 0.1) is 6.20 Å². The van der Waals surface area contributed by atoms with Gasteiger partial charge in [-0.3, -0.25) is 0 Å². The molecule has 0 saturated carbocycles. The average Bonchev–Trinajstić information content (AvgIpc) is 3.50. The minimum atomic E-state index is -0.326. The Balaban J connectivity index is 1.28. The van der Waals surface area contributed by atoms with E-state index in [1.165, 1.54) is 0 Å². The molecule has 6 rings (SSSR count). The number of benzene rings is 1. The maximum absolute atomic E-state index is 15.5. The van der Waals surface area contributed by atoms with Crippen molar-refractivity contribution in [2.75, 3.05) is 18.6 Å². The second kappa shape index (κ2) is 9.03. The summed E-state index contributed by atoms with van der Waals surface area (Å²) in [6, 6.07) is 3.78. The van der Waals surface area contributed by atoms with Crippen LogP contribution in [0.2, 0.25) is 0 Å². The molecule has 2 saturated heterocycles. The molecule has 0 bridgehead atoms. The van der Waals surface area contributed by atoms with E-state index in [-0.39, 0.29) is 23.1 Å². The molecule has 1 unspecified atom stereocenters. The van der Waals surface area contributed by atoms with Crippen molar-refractivity contribution in [3.8, 4) is 27.6 Å². The zero-order chi connectivity index (χ0) is 25.9. The van der Waals surface area contributed by atoms with Crippen LogP contribution in [-0.4, -0.2) is 50.8 Å². The standard InChI is InChI=1S/C27H35FN6O2S/c1-26(2)12-17(13-27(3,4)32-26)33(5)25-30-24-23(37-25)18-11-20(28)19(10-16(18)15-36-24)21-14-29-34(31-21)22-8-6-7-9-35-22/h10-11,14,17,22,32H,6-9,12-13,15H2,1-5H3. The SMILES string of the molecule is CN(c1nc2c(s1)-c1cc(F)c(-c3cnn(C4CCCCO4)n3)cc1CO2)C1CC(C)(C)NC(C)(C)C1. The monoisotopic (exact) mass is 526 g/mol. The maximum atomic E-state index is 15.5. The Morgan fingerprint density at radius 2 is 1.92 bits per heavy atom. The summed E-state index contributed by atoms with van der Waals surface area (Å²) in [5.74, 6) is 0.257. The minimum Gasteiger partial charge on any atom is -0.472 e. The van der Waals surface area contributed by atoms with Gasteiger partial charge in [0.1, 0.15) is 23.0 Å². The van der Waals surface area contributed by atoms with Crippen LogP contribution in [0, 0.1) is 5.82 Å². The van der Waals surface area contributed by atoms with E-state index in [0.717, 1.165) is 53.2 Å². The summed E-state index contributed by atoms with van der Waals surface area (Å²) in [5.41, 5.74) is 2.76. The van der Waals surface area contributed by atoms with Crippen LogP contribution >= 0.6 is 11.3 Å². The number of hydrogen-bond donors (Lipinski definition) is 1. The highest BCUT2D eigenvalue weighted by Crippen LogP contribution is 2.46. The first kappa shape index (κ1) is 24.8. The first-order valence-corrected chi connectivity index (χ1v) is 13.9. The van der Waals surface area contributed by atoms with Crippen molar-refractivity contribution in [1.82, 2.24) is 25.3 Å². The van der Waals surface area contributed by atoms with Gasteiger partial charge in [-0.2, -0.15) is 20.0 Å². The molecule has 2 fully saturated rings. The second-order valence-electron chi connectivity index (χ2n) is 11.8. The van der Waals surface area contributed by atoms with Crippen LogP contribution in [0.5, 0.6) is 5.88 Å². The molecule has 2 aromatic heterocycles. The molecule has 0 amide bonds. The van der Waals surface area contributed by atoms with Gasteiger partial charge in [-0.25, -0.2) is 4.39 Å². The number of rotatable bonds is 4. The Morgan fingerprint density at radius 1 is 1.14 bits per heavy atom. The fraction of sp³-hybridized carbons (Fsp3) is 0.593. The largest absolute Gasteiger partial charge is 0.472 e. The van der Waals surface area contributed by atoms with Crippen LogP contribution in [-0.2, 0) is 11.3 Å². The molecule has 0 spiro atoms. The summed E-state index contributed by atoms with van der Waals surface area (Å²) in [5, 5.41) is 13.5. The van der Waals surface area contributed by atoms with Gasteiger partial charge in [0.25, 0.3) is 0 Å². The highest BCUT2D eigenvalue weighted by Gasteiger charge is 2.40. The Labute approximate surface area is 221 Å². The lowest BCUT2D eigenvalue weighted by Gasteiger charge is -2.48. The van der Waals surface area contributed by atoms with Crippen molar-refractivity contribution in [3.63, 3.8) is 0 Å². The Bertz CT molecular complexity index is 1300. The van der Waals surface area contributed by atoms with Crippen LogP contribution < -0.4 is 15.0 Å². The lowest BCUT2D eigenvalue weighted by atomic mass is 9.79. The van der Waals surface area contributed by atoms with E-state index in [1.807, 2.05) is 6.07 Å². The zero-order valence-electron chi connectivity index (χ0n) is 22.2. The van der Waals surface area contributed by atoms with E-state index < -0.39 is 0 Å². The summed E-state index contributed by atoms with van der Waals surface area (Å²) < 4.78 is 27.3. The molecule has 8 nitrogen and oxygen atoms in total. The third-order valence-electron chi connectivity index (χ3n) is 7.60. The molecule has 0 aliphatic carbocycles. The van der Waals surface area contributed by atoms with Crippen molar-refractivity contribution in [1.29, 1.82) is 0 Å². The molecule has 3 aliphatic heterocycles. The first-order valence-electron chi connectivity index (χ1n) is 13.1. The Kier molecular flexibility index (Phi) is 6.04. The highest BCUT2D eigenvalue weighted by atomic mass is 32.1. The highest BCUT2D eigenvalue weighted by molar-refractivity contribution is 7.19. The van der Waals surface area contributed by atoms with Gasteiger partial charge in [-0.1, -0.05) is 11.3 Å². The predicted molar refractivity (Wildman–Crippen MR) is 142 cm³/mol. The van der Waals surface area contributed by atoms with Crippen LogP contribution in [0.15, 0.2) is 18.3 Å². The van der Waals surface area contributed by atoms with Gasteiger partial charge in [-0.05, 0) is 77.5 Å². The molecule has 1 atom stereocenters. The molecule has 3 aromatic rings. The van der Waals surface area contributed by atoms with Crippen molar-refractivity contribution in [2.24, 2.45) is 0 Å². The molecule has 198 valence electrons. The van der Waals surface area contributed by atoms with E-state index >= 15 is 4.39 Å². The molecule has 0 radical (unpaired) electrons. The van der Waals surface area contributed by atoms with Gasteiger partial charge >= 0.3 is 0 Å². The summed E-state index contributed by atoms with van der Waals surface area (Å²) in [7, 11) is 2.11. The Morgan fingerprint density at radius 3 is 2.65 bits per heavy atom. The molecule has 5 heterocycles. The third kappa shape index (κ3) is 4.75. The lowest BCUT2D eigenvalue weighted by Crippen LogP contribution is -2.61. The molecule has 1 aromatic carbocycles. The number of nitrogens with one attached hydrogen (secondary N) is 1. The zero-order valence-corrected chi connectivity index (χ0v) is 23.0. The van der Waals surface area contributed by atoms with Gasteiger partial charge in [-0.15, -0.1) is 0 Å². The average molecular weight is 527 g/mol. The molecule has 10 heteroatoms. The molecular weight excluding hydrogens is 491 g/mol. The number of halogens is 1. The lowest BCUT2D eigenvalue weighted by molar-refractivity contribution is -0.0479. The van der Waals surface area contributed by atoms with Crippen molar-refractivity contribution >= 4 is 16.5 Å². The summed E-state index contributed by atoms with van der Waals surface area (Å²) in [4.78, 5) is 9.54. The molecule has 1 N–H and O–H groups in total. The van der Waals surface area contributed by atoms with Crippen LogP contribution in [0.1, 0.15) is 71.6 Å². The minimum absolute atomic E-state index is 0.0329. The number of nitrogens with zero attached hydrogens (tertiary/aromatic N) is 5. The van der Waals surface area contributed by atoms with Crippen LogP contribution in [0.4, 0.5) is 9.52 Å². The van der Waals surface area contributed by atoms with E-state index in [4.69, 9.17) is 14.5 Å². The third-order valence-corrected chi connectivity index (χ3v) is 8.76. The number of thiazole rings is 1. The van der Waals surface area contributed by atoms with Gasteiger partial charge in [0.2, 0.25) is 5.88 Å². The fourth-order valence-corrected chi connectivity index (χ4v) is 7.24. The number of ether oxygens (including phenoxy) is 2. The normalized spacial score (nSPS) is 22.7. The van der Waals surface area contributed by atoms with Crippen molar-refractivity contribution in [2.45, 2.75) is 89.8 Å². The van der Waals surface area contributed by atoms with E-state index in [0.29, 0.717) is 36.4 Å².